The molecule has 7 rings (SSSR count). The summed E-state index contributed by atoms with van der Waals surface area (Å²) in [6, 6.07) is 37.3. The summed E-state index contributed by atoms with van der Waals surface area (Å²) in [5.74, 6) is -0.432. The van der Waals surface area contributed by atoms with Gasteiger partial charge in [0.15, 0.2) is 9.84 Å². The number of carbonyl (C=O) groups is 2. The number of benzene rings is 5. The van der Waals surface area contributed by atoms with Gasteiger partial charge >= 0.3 is 0 Å². The van der Waals surface area contributed by atoms with Crippen LogP contribution in [0.15, 0.2) is 131 Å². The topological polar surface area (TPSA) is 136 Å². The number of anilines is 2. The number of aryl methyl sites for hydroxylation is 1. The van der Waals surface area contributed by atoms with Crippen molar-refractivity contribution < 1.29 is 26.4 Å². The number of hydrogen-bond donors (Lipinski definition) is 2. The highest BCUT2D eigenvalue weighted by atomic mass is 35.5. The highest BCUT2D eigenvalue weighted by Crippen LogP contribution is 2.28. The monoisotopic (exact) mass is 885 g/mol. The molecule has 0 bridgehead atoms. The van der Waals surface area contributed by atoms with Gasteiger partial charge in [-0.2, -0.15) is 0 Å². The molecule has 314 valence electrons. The van der Waals surface area contributed by atoms with Crippen molar-refractivity contribution in [2.45, 2.75) is 35.7 Å². The number of nitrogens with one attached hydrogen (secondary N) is 2. The second kappa shape index (κ2) is 19.2. The summed E-state index contributed by atoms with van der Waals surface area (Å²) in [6.45, 7) is 6.26. The average molecular weight is 887 g/mol. The third-order valence-corrected chi connectivity index (χ3v) is 15.2. The Hall–Kier alpha value is -4.86. The highest BCUT2D eigenvalue weighted by Gasteiger charge is 2.28. The van der Waals surface area contributed by atoms with E-state index in [1.165, 1.54) is 23.3 Å². The van der Waals surface area contributed by atoms with E-state index in [2.05, 4.69) is 44.1 Å². The number of carbonyl (C=O) groups excluding carboxylic acids is 2. The van der Waals surface area contributed by atoms with Crippen LogP contribution in [-0.2, 0) is 31.2 Å². The molecule has 2 aliphatic rings. The SMILES string of the molecule is Cc1cc(S(=O)(=O)NC(=O)c2ccc(N3CCN(Cc4ccccc4-c4ccc(Cl)cc4)CC3)cc2)ccc1N[C@@H](CSc1ccccc1)CC(=O)N1CCS(=O)(=O)CC1. The lowest BCUT2D eigenvalue weighted by molar-refractivity contribution is -0.131. The lowest BCUT2D eigenvalue weighted by Gasteiger charge is -2.36. The summed E-state index contributed by atoms with van der Waals surface area (Å²) in [5, 5.41) is 4.14. The average Bonchev–Trinajstić information content (AvgIpc) is 3.24. The molecule has 0 saturated carbocycles. The number of amides is 2. The van der Waals surface area contributed by atoms with Crippen LogP contribution in [0.25, 0.3) is 11.1 Å². The van der Waals surface area contributed by atoms with Gasteiger partial charge in [-0.1, -0.05) is 66.2 Å². The number of rotatable bonds is 14. The minimum Gasteiger partial charge on any atom is -0.381 e. The summed E-state index contributed by atoms with van der Waals surface area (Å²) in [6.07, 6.45) is 0.130. The molecule has 0 aromatic heterocycles. The van der Waals surface area contributed by atoms with Crippen LogP contribution >= 0.6 is 23.4 Å². The van der Waals surface area contributed by atoms with E-state index in [0.29, 0.717) is 22.0 Å². The fraction of sp³-hybridized carbons (Fsp3) is 0.289. The molecule has 11 nitrogen and oxygen atoms in total. The molecule has 15 heteroatoms. The number of thioether (sulfide) groups is 1. The summed E-state index contributed by atoms with van der Waals surface area (Å²) < 4.78 is 53.0. The smallest absolute Gasteiger partial charge is 0.264 e. The van der Waals surface area contributed by atoms with Crippen LogP contribution in [0.3, 0.4) is 0 Å². The summed E-state index contributed by atoms with van der Waals surface area (Å²) in [5.41, 5.74) is 6.03. The minimum absolute atomic E-state index is 0.0472. The Morgan fingerprint density at radius 3 is 2.15 bits per heavy atom. The Balaban J connectivity index is 0.940. The Labute approximate surface area is 362 Å². The predicted molar refractivity (Wildman–Crippen MR) is 241 cm³/mol. The van der Waals surface area contributed by atoms with Crippen LogP contribution < -0.4 is 14.9 Å². The molecule has 5 aromatic rings. The third kappa shape index (κ3) is 11.3. The second-order valence-corrected chi connectivity index (χ2v) is 20.6. The van der Waals surface area contributed by atoms with Gasteiger partial charge in [-0.15, -0.1) is 11.8 Å². The molecule has 2 heterocycles. The number of hydrogen-bond acceptors (Lipinski definition) is 10. The Bertz CT molecular complexity index is 2500. The fourth-order valence-corrected chi connectivity index (χ4v) is 10.7. The maximum Gasteiger partial charge on any atom is 0.264 e. The van der Waals surface area contributed by atoms with E-state index >= 15 is 0 Å². The first-order chi connectivity index (χ1) is 28.8. The fourth-order valence-electron chi connectivity index (χ4n) is 7.39. The molecule has 2 aliphatic heterocycles. The normalized spacial score (nSPS) is 16.2. The summed E-state index contributed by atoms with van der Waals surface area (Å²) in [7, 11) is -7.35. The highest BCUT2D eigenvalue weighted by molar-refractivity contribution is 7.99. The van der Waals surface area contributed by atoms with Gasteiger partial charge in [0, 0.05) is 90.9 Å². The van der Waals surface area contributed by atoms with Gasteiger partial charge < -0.3 is 15.1 Å². The van der Waals surface area contributed by atoms with E-state index in [-0.39, 0.29) is 53.4 Å². The molecular weight excluding hydrogens is 838 g/mol. The number of sulfonamides is 1. The van der Waals surface area contributed by atoms with Gasteiger partial charge in [0.1, 0.15) is 0 Å². The number of nitrogens with zero attached hydrogens (tertiary/aromatic N) is 3. The molecular formula is C45H48ClN5O6S3. The Morgan fingerprint density at radius 2 is 1.47 bits per heavy atom. The van der Waals surface area contributed by atoms with E-state index in [1.54, 1.807) is 41.8 Å². The molecule has 0 spiro atoms. The van der Waals surface area contributed by atoms with Crippen LogP contribution in [-0.4, -0.2) is 101 Å². The summed E-state index contributed by atoms with van der Waals surface area (Å²) >= 11 is 7.71. The van der Waals surface area contributed by atoms with Crippen LogP contribution in [0.2, 0.25) is 5.02 Å². The van der Waals surface area contributed by atoms with E-state index in [1.807, 2.05) is 66.7 Å². The van der Waals surface area contributed by atoms with Crippen molar-refractivity contribution in [3.05, 3.63) is 143 Å². The largest absolute Gasteiger partial charge is 0.381 e. The first-order valence-corrected chi connectivity index (χ1v) is 24.5. The number of sulfone groups is 1. The first kappa shape index (κ1) is 43.2. The molecule has 1 atom stereocenters. The van der Waals surface area contributed by atoms with E-state index in [9.17, 15) is 26.4 Å². The van der Waals surface area contributed by atoms with Gasteiger partial charge in [0.2, 0.25) is 5.91 Å². The van der Waals surface area contributed by atoms with Crippen molar-refractivity contribution >= 4 is 66.4 Å². The van der Waals surface area contributed by atoms with Crippen molar-refractivity contribution in [2.24, 2.45) is 0 Å². The summed E-state index contributed by atoms with van der Waals surface area (Å²) in [4.78, 5) is 33.8. The maximum atomic E-state index is 13.5. The quantitative estimate of drug-likeness (QED) is 0.113. The molecule has 2 fully saturated rings. The maximum absolute atomic E-state index is 13.5. The Morgan fingerprint density at radius 1 is 0.800 bits per heavy atom. The predicted octanol–water partition coefficient (Wildman–Crippen LogP) is 6.98. The number of piperazine rings is 1. The van der Waals surface area contributed by atoms with Gasteiger partial charge in [-0.3, -0.25) is 14.5 Å². The first-order valence-electron chi connectivity index (χ1n) is 19.8. The van der Waals surface area contributed by atoms with Crippen molar-refractivity contribution in [2.75, 3.05) is 66.7 Å². The second-order valence-electron chi connectivity index (χ2n) is 15.1. The van der Waals surface area contributed by atoms with Gasteiger partial charge in [-0.25, -0.2) is 21.6 Å². The lowest BCUT2D eigenvalue weighted by Crippen LogP contribution is -2.46. The van der Waals surface area contributed by atoms with Gasteiger partial charge in [0.05, 0.1) is 16.4 Å². The van der Waals surface area contributed by atoms with Gasteiger partial charge in [-0.05, 0) is 95.9 Å². The van der Waals surface area contributed by atoms with Crippen molar-refractivity contribution in [3.8, 4) is 11.1 Å². The van der Waals surface area contributed by atoms with E-state index < -0.39 is 25.8 Å². The van der Waals surface area contributed by atoms with Crippen LogP contribution in [0.5, 0.6) is 0 Å². The van der Waals surface area contributed by atoms with E-state index in [0.717, 1.165) is 48.9 Å². The molecule has 0 aliphatic carbocycles. The zero-order valence-corrected chi connectivity index (χ0v) is 36.5. The molecule has 2 saturated heterocycles. The lowest BCUT2D eigenvalue weighted by atomic mass is 9.99. The van der Waals surface area contributed by atoms with Crippen molar-refractivity contribution in [3.63, 3.8) is 0 Å². The van der Waals surface area contributed by atoms with Crippen molar-refractivity contribution in [1.29, 1.82) is 0 Å². The van der Waals surface area contributed by atoms with E-state index in [4.69, 9.17) is 11.6 Å². The van der Waals surface area contributed by atoms with Crippen LogP contribution in [0.4, 0.5) is 11.4 Å². The Kier molecular flexibility index (Phi) is 13.9. The molecule has 5 aromatic carbocycles. The third-order valence-electron chi connectivity index (χ3n) is 10.8. The molecule has 0 radical (unpaired) electrons. The standard InChI is InChI=1S/C45H48ClN5O6S3/c1-33-29-41(19-20-43(33)47-38(32-58-40-8-3-2-4-9-40)30-44(52)51-25-27-59(54,55)28-26-51)60(56,57)48-45(53)35-13-17-39(18-14-35)50-23-21-49(22-24-50)31-36-7-5-6-10-42(36)34-11-15-37(46)16-12-34/h2-20,29,38,47H,21-28,30-32H2,1H3,(H,48,53)/t38-/m1/s1. The molecule has 60 heavy (non-hydrogen) atoms. The van der Waals surface area contributed by atoms with Crippen LogP contribution in [0.1, 0.15) is 27.9 Å². The zero-order chi connectivity index (χ0) is 42.3. The molecule has 2 amide bonds. The van der Waals surface area contributed by atoms with Crippen LogP contribution in [0, 0.1) is 6.92 Å². The zero-order valence-electron chi connectivity index (χ0n) is 33.3. The van der Waals surface area contributed by atoms with Gasteiger partial charge in [0.25, 0.3) is 15.9 Å². The minimum atomic E-state index is -4.21. The molecule has 2 N–H and O–H groups in total. The number of halogens is 1. The molecule has 0 unspecified atom stereocenters. The van der Waals surface area contributed by atoms with Crippen molar-refractivity contribution in [1.82, 2.24) is 14.5 Å².